The maximum Gasteiger partial charge on any atom is 0.246 e. The van der Waals surface area contributed by atoms with Crippen molar-refractivity contribution in [2.75, 3.05) is 6.61 Å². The van der Waals surface area contributed by atoms with E-state index in [4.69, 9.17) is 4.74 Å². The summed E-state index contributed by atoms with van der Waals surface area (Å²) in [5.74, 6) is -0.0249. The number of ether oxygens (including phenoxy) is 1. The summed E-state index contributed by atoms with van der Waals surface area (Å²) in [6.07, 6.45) is 0. The topological polar surface area (TPSA) is 92.8 Å². The number of hydrogen-bond acceptors (Lipinski definition) is 6. The van der Waals surface area contributed by atoms with Gasteiger partial charge in [-0.15, -0.1) is 0 Å². The zero-order chi connectivity index (χ0) is 17.9. The van der Waals surface area contributed by atoms with Crippen LogP contribution in [0.3, 0.4) is 0 Å². The second-order valence-electron chi connectivity index (χ2n) is 5.70. The van der Waals surface area contributed by atoms with Gasteiger partial charge in [-0.25, -0.2) is 9.37 Å². The molecule has 2 heterocycles. The molecule has 0 aliphatic heterocycles. The SMILES string of the molecule is O=C(COCc1nc2ccc(F)cc2[nH]1)NCc1ccc2nsnc2c1. The minimum absolute atomic E-state index is 0.0914. The lowest BCUT2D eigenvalue weighted by molar-refractivity contribution is -0.126. The fourth-order valence-electron chi connectivity index (χ4n) is 2.53. The van der Waals surface area contributed by atoms with Gasteiger partial charge in [-0.1, -0.05) is 6.07 Å². The van der Waals surface area contributed by atoms with Crippen LogP contribution < -0.4 is 5.32 Å². The van der Waals surface area contributed by atoms with Crippen molar-refractivity contribution in [3.63, 3.8) is 0 Å². The Bertz CT molecular complexity index is 1080. The predicted molar refractivity (Wildman–Crippen MR) is 95.0 cm³/mol. The Morgan fingerprint density at radius 3 is 2.92 bits per heavy atom. The van der Waals surface area contributed by atoms with Crippen molar-refractivity contribution in [3.05, 3.63) is 53.6 Å². The number of H-pyrrole nitrogens is 1. The minimum atomic E-state index is -0.334. The van der Waals surface area contributed by atoms with Crippen LogP contribution in [-0.2, 0) is 22.7 Å². The van der Waals surface area contributed by atoms with Crippen LogP contribution in [0.5, 0.6) is 0 Å². The first-order valence-corrected chi connectivity index (χ1v) is 8.60. The summed E-state index contributed by atoms with van der Waals surface area (Å²) in [5.41, 5.74) is 3.86. The number of carbonyl (C=O) groups excluding carboxylic acids is 1. The number of hydrogen-bond donors (Lipinski definition) is 2. The summed E-state index contributed by atoms with van der Waals surface area (Å²) < 4.78 is 26.8. The first kappa shape index (κ1) is 16.6. The Kier molecular flexibility index (Phi) is 4.55. The fourth-order valence-corrected chi connectivity index (χ4v) is 3.05. The van der Waals surface area contributed by atoms with E-state index < -0.39 is 0 Å². The van der Waals surface area contributed by atoms with Gasteiger partial charge in [0.05, 0.1) is 22.8 Å². The molecule has 0 unspecified atom stereocenters. The Morgan fingerprint density at radius 1 is 1.15 bits per heavy atom. The van der Waals surface area contributed by atoms with Crippen LogP contribution in [0.25, 0.3) is 22.1 Å². The van der Waals surface area contributed by atoms with E-state index in [-0.39, 0.29) is 24.9 Å². The van der Waals surface area contributed by atoms with Crippen molar-refractivity contribution in [2.45, 2.75) is 13.2 Å². The molecule has 0 atom stereocenters. The van der Waals surface area contributed by atoms with Crippen molar-refractivity contribution in [1.29, 1.82) is 0 Å². The van der Waals surface area contributed by atoms with Gasteiger partial charge in [0.25, 0.3) is 0 Å². The van der Waals surface area contributed by atoms with E-state index in [9.17, 15) is 9.18 Å². The highest BCUT2D eigenvalue weighted by Crippen LogP contribution is 2.14. The second kappa shape index (κ2) is 7.14. The van der Waals surface area contributed by atoms with Gasteiger partial charge < -0.3 is 15.0 Å². The largest absolute Gasteiger partial charge is 0.364 e. The number of carbonyl (C=O) groups is 1. The molecule has 4 aromatic rings. The third kappa shape index (κ3) is 3.68. The van der Waals surface area contributed by atoms with Crippen molar-refractivity contribution < 1.29 is 13.9 Å². The van der Waals surface area contributed by atoms with Crippen molar-refractivity contribution in [2.24, 2.45) is 0 Å². The first-order valence-electron chi connectivity index (χ1n) is 7.87. The molecule has 132 valence electrons. The molecule has 1 amide bonds. The molecule has 7 nitrogen and oxygen atoms in total. The van der Waals surface area contributed by atoms with Crippen LogP contribution in [0.15, 0.2) is 36.4 Å². The van der Waals surface area contributed by atoms with Gasteiger partial charge in [-0.05, 0) is 35.9 Å². The third-order valence-electron chi connectivity index (χ3n) is 3.77. The molecule has 26 heavy (non-hydrogen) atoms. The van der Waals surface area contributed by atoms with Gasteiger partial charge in [0.2, 0.25) is 5.91 Å². The summed E-state index contributed by atoms with van der Waals surface area (Å²) in [5, 5.41) is 2.79. The molecule has 0 bridgehead atoms. The van der Waals surface area contributed by atoms with Crippen LogP contribution in [0.2, 0.25) is 0 Å². The van der Waals surface area contributed by atoms with E-state index in [1.807, 2.05) is 18.2 Å². The van der Waals surface area contributed by atoms with Crippen LogP contribution in [0, 0.1) is 5.82 Å². The summed E-state index contributed by atoms with van der Waals surface area (Å²) in [7, 11) is 0. The van der Waals surface area contributed by atoms with Gasteiger partial charge in [0, 0.05) is 6.54 Å². The van der Waals surface area contributed by atoms with Gasteiger partial charge >= 0.3 is 0 Å². The van der Waals surface area contributed by atoms with E-state index in [2.05, 4.69) is 24.0 Å². The van der Waals surface area contributed by atoms with Crippen molar-refractivity contribution in [1.82, 2.24) is 24.0 Å². The molecule has 2 aromatic heterocycles. The number of amides is 1. The summed E-state index contributed by atoms with van der Waals surface area (Å²) in [6.45, 7) is 0.436. The molecule has 0 fully saturated rings. The molecule has 0 aliphatic carbocycles. The van der Waals surface area contributed by atoms with Crippen molar-refractivity contribution in [3.8, 4) is 0 Å². The zero-order valence-corrected chi connectivity index (χ0v) is 14.3. The fraction of sp³-hybridized carbons (Fsp3) is 0.176. The number of nitrogens with one attached hydrogen (secondary N) is 2. The van der Waals surface area contributed by atoms with Crippen LogP contribution in [-0.4, -0.2) is 31.2 Å². The highest BCUT2D eigenvalue weighted by Gasteiger charge is 2.07. The lowest BCUT2D eigenvalue weighted by Crippen LogP contribution is -2.27. The number of benzene rings is 2. The highest BCUT2D eigenvalue weighted by atomic mass is 32.1. The summed E-state index contributed by atoms with van der Waals surface area (Å²) in [4.78, 5) is 19.1. The molecule has 2 aromatic carbocycles. The lowest BCUT2D eigenvalue weighted by Gasteiger charge is -2.05. The Morgan fingerprint density at radius 2 is 2.00 bits per heavy atom. The monoisotopic (exact) mass is 371 g/mol. The van der Waals surface area contributed by atoms with Gasteiger partial charge in [-0.3, -0.25) is 4.79 Å². The number of aromatic amines is 1. The van der Waals surface area contributed by atoms with Gasteiger partial charge in [0.1, 0.15) is 35.9 Å². The quantitative estimate of drug-likeness (QED) is 0.543. The highest BCUT2D eigenvalue weighted by molar-refractivity contribution is 7.00. The first-order chi connectivity index (χ1) is 12.7. The minimum Gasteiger partial charge on any atom is -0.364 e. The number of imidazole rings is 1. The van der Waals surface area contributed by atoms with Gasteiger partial charge in [0.15, 0.2) is 0 Å². The number of rotatable bonds is 6. The molecule has 2 N–H and O–H groups in total. The Labute approximate surface area is 151 Å². The normalized spacial score (nSPS) is 11.3. The maximum atomic E-state index is 13.2. The zero-order valence-electron chi connectivity index (χ0n) is 13.5. The summed E-state index contributed by atoms with van der Waals surface area (Å²) in [6, 6.07) is 9.98. The van der Waals surface area contributed by atoms with Crippen LogP contribution >= 0.6 is 11.7 Å². The summed E-state index contributed by atoms with van der Waals surface area (Å²) >= 11 is 1.16. The predicted octanol–water partition coefficient (Wildman–Crippen LogP) is 2.54. The molecular formula is C17H14FN5O2S. The van der Waals surface area contributed by atoms with E-state index in [0.29, 0.717) is 23.4 Å². The smallest absolute Gasteiger partial charge is 0.246 e. The number of nitrogens with zero attached hydrogens (tertiary/aromatic N) is 3. The van der Waals surface area contributed by atoms with Gasteiger partial charge in [-0.2, -0.15) is 8.75 Å². The molecule has 0 aliphatic rings. The second-order valence-corrected chi connectivity index (χ2v) is 6.23. The van der Waals surface area contributed by atoms with Crippen LogP contribution in [0.4, 0.5) is 4.39 Å². The number of halogens is 1. The number of aromatic nitrogens is 4. The van der Waals surface area contributed by atoms with E-state index >= 15 is 0 Å². The molecule has 0 spiro atoms. The standard InChI is InChI=1S/C17H14FN5O2S/c18-11-2-4-12-14(6-11)21-16(20-12)8-25-9-17(24)19-7-10-1-3-13-15(5-10)23-26-22-13/h1-6H,7-9H2,(H,19,24)(H,20,21). The lowest BCUT2D eigenvalue weighted by atomic mass is 10.2. The Balaban J connectivity index is 1.26. The Hall–Kier alpha value is -2.91. The van der Waals surface area contributed by atoms with E-state index in [1.165, 1.54) is 12.1 Å². The van der Waals surface area contributed by atoms with Crippen LogP contribution in [0.1, 0.15) is 11.4 Å². The molecule has 0 radical (unpaired) electrons. The molecule has 9 heteroatoms. The molecule has 0 saturated carbocycles. The van der Waals surface area contributed by atoms with E-state index in [1.54, 1.807) is 6.07 Å². The molecule has 0 saturated heterocycles. The van der Waals surface area contributed by atoms with Crippen molar-refractivity contribution >= 4 is 39.7 Å². The average molecular weight is 371 g/mol. The van der Waals surface area contributed by atoms with E-state index in [0.717, 1.165) is 28.3 Å². The third-order valence-corrected chi connectivity index (χ3v) is 4.33. The average Bonchev–Trinajstić information content (AvgIpc) is 3.25. The molecular weight excluding hydrogens is 357 g/mol. The number of fused-ring (bicyclic) bond motifs is 2. The molecule has 4 rings (SSSR count). The maximum absolute atomic E-state index is 13.2.